The molecular formula is C34H67NO4. The first-order valence-corrected chi connectivity index (χ1v) is 17.1. The molecule has 2 atom stereocenters. The Bertz CT molecular complexity index is 567. The molecule has 232 valence electrons. The van der Waals surface area contributed by atoms with Crippen molar-refractivity contribution >= 4 is 11.8 Å². The van der Waals surface area contributed by atoms with Gasteiger partial charge in [0.25, 0.3) is 0 Å². The summed E-state index contributed by atoms with van der Waals surface area (Å²) in [7, 11) is 1.56. The molecule has 0 amide bonds. The molecule has 0 aliphatic rings. The van der Waals surface area contributed by atoms with Crippen molar-refractivity contribution in [3.8, 4) is 0 Å². The van der Waals surface area contributed by atoms with E-state index < -0.39 is 17.5 Å². The van der Waals surface area contributed by atoms with E-state index in [9.17, 15) is 14.7 Å². The molecule has 0 aromatic heterocycles. The minimum absolute atomic E-state index is 0.0332. The molecule has 0 aromatic rings. The van der Waals surface area contributed by atoms with Crippen LogP contribution in [-0.2, 0) is 14.4 Å². The highest BCUT2D eigenvalue weighted by molar-refractivity contribution is 5.89. The first kappa shape index (κ1) is 38.1. The van der Waals surface area contributed by atoms with Gasteiger partial charge in [-0.25, -0.2) is 0 Å². The number of hydrogen-bond acceptors (Lipinski definition) is 5. The molecule has 0 fully saturated rings. The van der Waals surface area contributed by atoms with E-state index in [0.717, 1.165) is 57.8 Å². The topological polar surface area (TPSA) is 75.6 Å². The summed E-state index contributed by atoms with van der Waals surface area (Å²) in [5.41, 5.74) is 1.44. The van der Waals surface area contributed by atoms with Crippen LogP contribution in [0.3, 0.4) is 0 Å². The molecule has 2 N–H and O–H groups in total. The standard InChI is InChI=1S/C34H67NO4/c1-5-8-11-14-16-17-18-19-21-23-25-28-32(37)34(29-26-13-10-7-3,30-33(38)39-35-4)31(36)27-24-22-20-15-12-9-6-2/h31,35-36H,5-30H2,1-4H3. The number of Topliss-reactive ketones (excluding diaryl/α,β-unsaturated/α-hetero) is 1. The number of carbonyl (C=O) groups is 2. The van der Waals surface area contributed by atoms with Gasteiger partial charge in [-0.1, -0.05) is 156 Å². The molecule has 0 saturated carbocycles. The number of aliphatic hydroxyl groups is 1. The van der Waals surface area contributed by atoms with Crippen molar-refractivity contribution in [2.75, 3.05) is 7.05 Å². The Morgan fingerprint density at radius 2 is 1.05 bits per heavy atom. The van der Waals surface area contributed by atoms with E-state index in [1.165, 1.54) is 83.5 Å². The van der Waals surface area contributed by atoms with Gasteiger partial charge in [0.15, 0.2) is 0 Å². The maximum absolute atomic E-state index is 13.8. The van der Waals surface area contributed by atoms with Gasteiger partial charge in [-0.15, -0.1) is 0 Å². The van der Waals surface area contributed by atoms with Crippen molar-refractivity contribution in [1.29, 1.82) is 0 Å². The average Bonchev–Trinajstić information content (AvgIpc) is 2.92. The summed E-state index contributed by atoms with van der Waals surface area (Å²) in [4.78, 5) is 31.5. The van der Waals surface area contributed by atoms with Crippen LogP contribution in [0.15, 0.2) is 0 Å². The molecule has 39 heavy (non-hydrogen) atoms. The van der Waals surface area contributed by atoms with Gasteiger partial charge in [0, 0.05) is 13.5 Å². The SMILES string of the molecule is CCCCCCCCCCCCCC(=O)C(CCCCCC)(CC(=O)ONC)C(O)CCCCCCCCC. The molecule has 2 unspecified atom stereocenters. The molecule has 0 aliphatic heterocycles. The smallest absolute Gasteiger partial charge is 0.325 e. The molecule has 0 aliphatic carbocycles. The normalized spacial score (nSPS) is 13.8. The summed E-state index contributed by atoms with van der Waals surface area (Å²) in [6.45, 7) is 6.65. The van der Waals surface area contributed by atoms with E-state index in [1.807, 2.05) is 0 Å². The fourth-order valence-corrected chi connectivity index (χ4v) is 5.84. The number of carbonyl (C=O) groups excluding carboxylic acids is 2. The minimum Gasteiger partial charge on any atom is -0.392 e. The van der Waals surface area contributed by atoms with Crippen molar-refractivity contribution in [1.82, 2.24) is 5.48 Å². The Hall–Kier alpha value is -0.940. The summed E-state index contributed by atoms with van der Waals surface area (Å²) in [6, 6.07) is 0. The van der Waals surface area contributed by atoms with Gasteiger partial charge >= 0.3 is 5.97 Å². The zero-order chi connectivity index (χ0) is 29.0. The largest absolute Gasteiger partial charge is 0.392 e. The van der Waals surface area contributed by atoms with Crippen molar-refractivity contribution < 1.29 is 19.5 Å². The highest BCUT2D eigenvalue weighted by atomic mass is 16.7. The van der Waals surface area contributed by atoms with Crippen molar-refractivity contribution in [3.05, 3.63) is 0 Å². The van der Waals surface area contributed by atoms with Crippen molar-refractivity contribution in [2.24, 2.45) is 5.41 Å². The molecule has 5 heteroatoms. The summed E-state index contributed by atoms with van der Waals surface area (Å²) < 4.78 is 0. The van der Waals surface area contributed by atoms with Crippen molar-refractivity contribution in [3.63, 3.8) is 0 Å². The second-order valence-electron chi connectivity index (χ2n) is 12.0. The molecule has 0 heterocycles. The fourth-order valence-electron chi connectivity index (χ4n) is 5.84. The number of ketones is 1. The number of hydrogen-bond donors (Lipinski definition) is 2. The van der Waals surface area contributed by atoms with Gasteiger partial charge in [-0.05, 0) is 19.3 Å². The summed E-state index contributed by atoms with van der Waals surface area (Å²) in [5.74, 6) is -0.377. The van der Waals surface area contributed by atoms with E-state index in [-0.39, 0.29) is 12.2 Å². The van der Waals surface area contributed by atoms with E-state index in [0.29, 0.717) is 19.3 Å². The highest BCUT2D eigenvalue weighted by Gasteiger charge is 2.45. The average molecular weight is 554 g/mol. The van der Waals surface area contributed by atoms with Crippen molar-refractivity contribution in [2.45, 2.75) is 194 Å². The van der Waals surface area contributed by atoms with Crippen LogP contribution in [0, 0.1) is 5.41 Å². The van der Waals surface area contributed by atoms with E-state index in [1.54, 1.807) is 7.05 Å². The zero-order valence-corrected chi connectivity index (χ0v) is 26.6. The molecule has 0 aromatic carbocycles. The van der Waals surface area contributed by atoms with Gasteiger partial charge in [0.2, 0.25) is 0 Å². The van der Waals surface area contributed by atoms with Crippen LogP contribution in [0.5, 0.6) is 0 Å². The Labute approximate surface area is 243 Å². The van der Waals surface area contributed by atoms with Crippen LogP contribution >= 0.6 is 0 Å². The zero-order valence-electron chi connectivity index (χ0n) is 26.6. The predicted molar refractivity (Wildman–Crippen MR) is 166 cm³/mol. The van der Waals surface area contributed by atoms with E-state index in [4.69, 9.17) is 4.84 Å². The monoisotopic (exact) mass is 554 g/mol. The van der Waals surface area contributed by atoms with Crippen LogP contribution < -0.4 is 5.48 Å². The lowest BCUT2D eigenvalue weighted by molar-refractivity contribution is -0.160. The van der Waals surface area contributed by atoms with E-state index >= 15 is 0 Å². The lowest BCUT2D eigenvalue weighted by atomic mass is 9.68. The number of aliphatic hydroxyl groups excluding tert-OH is 1. The number of hydroxylamine groups is 1. The lowest BCUT2D eigenvalue weighted by Gasteiger charge is -2.36. The predicted octanol–water partition coefficient (Wildman–Crippen LogP) is 9.78. The number of rotatable bonds is 30. The maximum Gasteiger partial charge on any atom is 0.325 e. The summed E-state index contributed by atoms with van der Waals surface area (Å²) >= 11 is 0. The fraction of sp³-hybridized carbons (Fsp3) is 0.941. The quantitative estimate of drug-likeness (QED) is 0.0684. The van der Waals surface area contributed by atoms with Crippen LogP contribution in [0.2, 0.25) is 0 Å². The molecule has 0 rings (SSSR count). The third-order valence-electron chi connectivity index (χ3n) is 8.43. The Balaban J connectivity index is 4.97. The van der Waals surface area contributed by atoms with Crippen LogP contribution in [0.25, 0.3) is 0 Å². The van der Waals surface area contributed by atoms with Crippen LogP contribution in [-0.4, -0.2) is 30.0 Å². The first-order chi connectivity index (χ1) is 19.0. The third kappa shape index (κ3) is 19.7. The first-order valence-electron chi connectivity index (χ1n) is 17.1. The molecule has 0 saturated heterocycles. The van der Waals surface area contributed by atoms with Gasteiger partial charge in [-0.2, -0.15) is 5.48 Å². The maximum atomic E-state index is 13.8. The Kier molecular flexibility index (Phi) is 26.6. The molecule has 5 nitrogen and oxygen atoms in total. The molecule has 0 bridgehead atoms. The summed E-state index contributed by atoms with van der Waals surface area (Å²) in [6.07, 6.45) is 26.7. The van der Waals surface area contributed by atoms with Gasteiger partial charge in [-0.3, -0.25) is 9.59 Å². The van der Waals surface area contributed by atoms with Crippen LogP contribution in [0.1, 0.15) is 188 Å². The second kappa shape index (κ2) is 27.2. The number of unbranched alkanes of at least 4 members (excludes halogenated alkanes) is 19. The lowest BCUT2D eigenvalue weighted by Crippen LogP contribution is -2.45. The summed E-state index contributed by atoms with van der Waals surface area (Å²) in [5, 5.41) is 11.5. The second-order valence-corrected chi connectivity index (χ2v) is 12.0. The van der Waals surface area contributed by atoms with Gasteiger partial charge in [0.05, 0.1) is 17.9 Å². The van der Waals surface area contributed by atoms with E-state index in [2.05, 4.69) is 26.3 Å². The Morgan fingerprint density at radius 3 is 1.51 bits per heavy atom. The molecular weight excluding hydrogens is 486 g/mol. The minimum atomic E-state index is -1.03. The highest BCUT2D eigenvalue weighted by Crippen LogP contribution is 2.39. The third-order valence-corrected chi connectivity index (χ3v) is 8.43. The Morgan fingerprint density at radius 1 is 0.641 bits per heavy atom. The molecule has 0 radical (unpaired) electrons. The van der Waals surface area contributed by atoms with Crippen LogP contribution in [0.4, 0.5) is 0 Å². The molecule has 0 spiro atoms. The van der Waals surface area contributed by atoms with Gasteiger partial charge in [0.1, 0.15) is 5.78 Å². The van der Waals surface area contributed by atoms with Gasteiger partial charge < -0.3 is 9.94 Å². The number of nitrogens with one attached hydrogen (secondary N) is 1.